The largest absolute Gasteiger partial charge is 0.368 e. The molecule has 0 spiro atoms. The molecular formula is C19H19N17O3. The van der Waals surface area contributed by atoms with Gasteiger partial charge in [0.05, 0.1) is 0 Å². The van der Waals surface area contributed by atoms with Crippen molar-refractivity contribution in [2.75, 3.05) is 44.6 Å². The molecule has 0 unspecified atom stereocenters. The Labute approximate surface area is 217 Å². The van der Waals surface area contributed by atoms with Crippen LogP contribution in [0.25, 0.3) is 0 Å². The van der Waals surface area contributed by atoms with E-state index in [0.717, 1.165) is 0 Å². The van der Waals surface area contributed by atoms with E-state index in [9.17, 15) is 14.4 Å². The summed E-state index contributed by atoms with van der Waals surface area (Å²) in [6.07, 6.45) is 0. The maximum absolute atomic E-state index is 13.0. The smallest absolute Gasteiger partial charge is 0.258 e. The number of nitrogens with zero attached hydrogens (tertiary/aromatic N) is 9. The van der Waals surface area contributed by atoms with E-state index in [2.05, 4.69) is 60.8 Å². The third-order valence-electron chi connectivity index (χ3n) is 4.50. The molecule has 3 amide bonds. The molecule has 39 heavy (non-hydrogen) atoms. The molecule has 1 aromatic carbocycles. The van der Waals surface area contributed by atoms with Crippen LogP contribution in [0.5, 0.6) is 0 Å². The van der Waals surface area contributed by atoms with Crippen molar-refractivity contribution in [3.8, 4) is 0 Å². The zero-order valence-corrected chi connectivity index (χ0v) is 19.9. The molecule has 0 atom stereocenters. The van der Waals surface area contributed by atoms with E-state index in [1.807, 2.05) is 0 Å². The predicted octanol–water partition coefficient (Wildman–Crippen LogP) is -1.78. The number of aromatic nitrogens is 9. The zero-order chi connectivity index (χ0) is 28.3. The molecule has 4 rings (SSSR count). The topological polar surface area (TPSA) is 333 Å². The average molecular weight is 533 g/mol. The first-order valence-corrected chi connectivity index (χ1v) is 10.6. The van der Waals surface area contributed by atoms with Gasteiger partial charge >= 0.3 is 0 Å². The van der Waals surface area contributed by atoms with Crippen LogP contribution in [0.4, 0.5) is 47.6 Å². The summed E-state index contributed by atoms with van der Waals surface area (Å²) < 4.78 is 0. The van der Waals surface area contributed by atoms with E-state index >= 15 is 0 Å². The highest BCUT2D eigenvalue weighted by Gasteiger charge is 2.20. The number of nitrogen functional groups attached to an aromatic ring is 5. The third-order valence-corrected chi connectivity index (χ3v) is 4.50. The number of hydrogen-bond acceptors (Lipinski definition) is 17. The molecular weight excluding hydrogens is 514 g/mol. The minimum atomic E-state index is -0.822. The van der Waals surface area contributed by atoms with Gasteiger partial charge in [0.2, 0.25) is 47.6 Å². The van der Waals surface area contributed by atoms with Gasteiger partial charge in [0.25, 0.3) is 17.7 Å². The Morgan fingerprint density at radius 2 is 0.769 bits per heavy atom. The molecule has 13 N–H and O–H groups in total. The van der Waals surface area contributed by atoms with Gasteiger partial charge < -0.3 is 28.7 Å². The normalized spacial score (nSPS) is 10.5. The number of amides is 3. The Kier molecular flexibility index (Phi) is 6.82. The highest BCUT2D eigenvalue weighted by molar-refractivity contribution is 6.12. The molecule has 0 bridgehead atoms. The van der Waals surface area contributed by atoms with Crippen molar-refractivity contribution in [1.82, 2.24) is 44.9 Å². The fourth-order valence-electron chi connectivity index (χ4n) is 3.03. The molecule has 0 saturated heterocycles. The molecule has 3 aromatic heterocycles. The van der Waals surface area contributed by atoms with Gasteiger partial charge in [0.1, 0.15) is 5.82 Å². The van der Waals surface area contributed by atoms with Gasteiger partial charge in [-0.15, -0.1) is 0 Å². The van der Waals surface area contributed by atoms with Crippen LogP contribution in [-0.4, -0.2) is 62.6 Å². The van der Waals surface area contributed by atoms with Gasteiger partial charge in [-0.25, -0.2) is 0 Å². The summed E-state index contributed by atoms with van der Waals surface area (Å²) in [6, 6.07) is 3.55. The first-order valence-electron chi connectivity index (χ1n) is 10.6. The molecule has 20 nitrogen and oxygen atoms in total. The zero-order valence-electron chi connectivity index (χ0n) is 19.9. The lowest BCUT2D eigenvalue weighted by atomic mass is 10.0. The van der Waals surface area contributed by atoms with Crippen LogP contribution in [-0.2, 0) is 0 Å². The Balaban J connectivity index is 1.69. The summed E-state index contributed by atoms with van der Waals surface area (Å²) in [5.41, 5.74) is 27.3. The van der Waals surface area contributed by atoms with Crippen molar-refractivity contribution in [2.24, 2.45) is 0 Å². The summed E-state index contributed by atoms with van der Waals surface area (Å²) in [5.74, 6) is -3.96. The van der Waals surface area contributed by atoms with Crippen LogP contribution in [0.3, 0.4) is 0 Å². The number of nitrogens with one attached hydrogen (secondary N) is 3. The summed E-state index contributed by atoms with van der Waals surface area (Å²) in [4.78, 5) is 73.0. The number of carbonyl (C=O) groups is 3. The Morgan fingerprint density at radius 1 is 0.487 bits per heavy atom. The van der Waals surface area contributed by atoms with Crippen LogP contribution in [0.15, 0.2) is 18.2 Å². The predicted molar refractivity (Wildman–Crippen MR) is 137 cm³/mol. The Hall–Kier alpha value is -6.34. The molecule has 0 aliphatic carbocycles. The van der Waals surface area contributed by atoms with Crippen LogP contribution in [0.1, 0.15) is 36.9 Å². The van der Waals surface area contributed by atoms with E-state index in [0.29, 0.717) is 0 Å². The second-order valence-electron chi connectivity index (χ2n) is 7.48. The van der Waals surface area contributed by atoms with Crippen molar-refractivity contribution in [2.45, 2.75) is 6.92 Å². The van der Waals surface area contributed by atoms with Crippen LogP contribution in [0, 0.1) is 6.92 Å². The van der Waals surface area contributed by atoms with Gasteiger partial charge in [-0.05, 0) is 25.1 Å². The number of aryl methyl sites for hydroxylation is 1. The van der Waals surface area contributed by atoms with Gasteiger partial charge in [-0.2, -0.15) is 44.9 Å². The maximum atomic E-state index is 13.0. The SMILES string of the molecule is Cc1nc(N)nc(NC(=O)c2cc(C(=O)Nc3nc(N)nc(N)n3)cc(C(=O)Nc3nc(N)nc(N)n3)c2)n1. The van der Waals surface area contributed by atoms with Crippen molar-refractivity contribution >= 4 is 65.3 Å². The van der Waals surface area contributed by atoms with E-state index in [-0.39, 0.29) is 70.1 Å². The van der Waals surface area contributed by atoms with E-state index in [4.69, 9.17) is 28.7 Å². The van der Waals surface area contributed by atoms with Gasteiger partial charge in [-0.3, -0.25) is 30.3 Å². The minimum absolute atomic E-state index is 0.127. The number of benzene rings is 1. The van der Waals surface area contributed by atoms with Crippen molar-refractivity contribution in [1.29, 1.82) is 0 Å². The Morgan fingerprint density at radius 3 is 1.08 bits per heavy atom. The molecule has 0 aliphatic heterocycles. The van der Waals surface area contributed by atoms with E-state index in [1.165, 1.54) is 18.2 Å². The van der Waals surface area contributed by atoms with Crippen molar-refractivity contribution < 1.29 is 14.4 Å². The van der Waals surface area contributed by atoms with Crippen LogP contribution < -0.4 is 44.6 Å². The molecule has 4 aromatic rings. The summed E-state index contributed by atoms with van der Waals surface area (Å²) in [7, 11) is 0. The van der Waals surface area contributed by atoms with Crippen LogP contribution in [0.2, 0.25) is 0 Å². The highest BCUT2D eigenvalue weighted by atomic mass is 16.2. The second-order valence-corrected chi connectivity index (χ2v) is 7.48. The summed E-state index contributed by atoms with van der Waals surface area (Å²) in [5, 5.41) is 7.15. The molecule has 198 valence electrons. The fraction of sp³-hybridized carbons (Fsp3) is 0.0526. The number of anilines is 8. The van der Waals surface area contributed by atoms with Gasteiger partial charge in [0, 0.05) is 16.7 Å². The van der Waals surface area contributed by atoms with E-state index < -0.39 is 17.7 Å². The summed E-state index contributed by atoms with van der Waals surface area (Å²) in [6.45, 7) is 1.54. The monoisotopic (exact) mass is 533 g/mol. The second kappa shape index (κ2) is 10.3. The quantitative estimate of drug-likeness (QED) is 0.136. The number of carbonyl (C=O) groups excluding carboxylic acids is 3. The number of hydrogen-bond donors (Lipinski definition) is 8. The number of nitrogens with two attached hydrogens (primary N) is 5. The van der Waals surface area contributed by atoms with Crippen molar-refractivity contribution in [3.05, 3.63) is 40.7 Å². The molecule has 0 radical (unpaired) electrons. The first-order chi connectivity index (χ1) is 18.4. The molecule has 0 fully saturated rings. The van der Waals surface area contributed by atoms with Crippen molar-refractivity contribution in [3.63, 3.8) is 0 Å². The minimum Gasteiger partial charge on any atom is -0.368 e. The van der Waals surface area contributed by atoms with Gasteiger partial charge in [0.15, 0.2) is 0 Å². The molecule has 20 heteroatoms. The fourth-order valence-corrected chi connectivity index (χ4v) is 3.03. The first kappa shape index (κ1) is 25.7. The molecule has 0 aliphatic rings. The van der Waals surface area contributed by atoms with Gasteiger partial charge in [-0.1, -0.05) is 0 Å². The summed E-state index contributed by atoms with van der Waals surface area (Å²) >= 11 is 0. The third kappa shape index (κ3) is 6.46. The average Bonchev–Trinajstić information content (AvgIpc) is 2.81. The molecule has 0 saturated carbocycles. The Bertz CT molecular complexity index is 1360. The van der Waals surface area contributed by atoms with E-state index in [1.54, 1.807) is 6.92 Å². The highest BCUT2D eigenvalue weighted by Crippen LogP contribution is 2.16. The lowest BCUT2D eigenvalue weighted by Gasteiger charge is -2.11. The molecule has 3 heterocycles. The maximum Gasteiger partial charge on any atom is 0.258 e. The lowest BCUT2D eigenvalue weighted by molar-refractivity contribution is 0.102. The lowest BCUT2D eigenvalue weighted by Crippen LogP contribution is -2.22. The van der Waals surface area contributed by atoms with Crippen LogP contribution >= 0.6 is 0 Å². The number of rotatable bonds is 6. The standard InChI is InChI=1S/C19H19N17O3/c1-5-25-12(20)32-17(26-5)27-9(37)6-2-7(10(38)28-18-33-13(21)30-14(22)34-18)4-8(3-6)11(39)29-19-35-15(23)31-16(24)36-19/h2-4H,1H3,(H3,20,25,26,27,32,37)(H5,21,22,28,30,33,34,38)(H5,23,24,29,31,35,36,39).